The molecule has 0 aromatic rings. The molecule has 0 amide bonds. The van der Waals surface area contributed by atoms with Gasteiger partial charge in [0.1, 0.15) is 0 Å². The lowest BCUT2D eigenvalue weighted by atomic mass is 10.0. The standard InChI is InChI=1S/C11H26N2O4/c12-6-10(16)4-8(14)2-1-3-9(15)5-11(17)7-13/h8-11,14-17H,1-7,12-13H2. The van der Waals surface area contributed by atoms with Crippen molar-refractivity contribution < 1.29 is 20.4 Å². The molecule has 6 heteroatoms. The van der Waals surface area contributed by atoms with E-state index in [1.54, 1.807) is 0 Å². The number of hydrogen-bond donors (Lipinski definition) is 6. The SMILES string of the molecule is NCC(O)CC(O)CCCC(O)CC(O)CN. The van der Waals surface area contributed by atoms with E-state index >= 15 is 0 Å². The Hall–Kier alpha value is -0.240. The van der Waals surface area contributed by atoms with Gasteiger partial charge in [-0.15, -0.1) is 0 Å². The largest absolute Gasteiger partial charge is 0.393 e. The highest BCUT2D eigenvalue weighted by molar-refractivity contribution is 4.67. The second-order valence-electron chi connectivity index (χ2n) is 4.49. The van der Waals surface area contributed by atoms with Crippen molar-refractivity contribution in [2.45, 2.75) is 56.5 Å². The van der Waals surface area contributed by atoms with E-state index in [0.717, 1.165) is 0 Å². The number of nitrogens with two attached hydrogens (primary N) is 2. The molecule has 0 aliphatic heterocycles. The second-order valence-corrected chi connectivity index (χ2v) is 4.49. The number of hydrogen-bond acceptors (Lipinski definition) is 6. The predicted molar refractivity (Wildman–Crippen MR) is 65.2 cm³/mol. The van der Waals surface area contributed by atoms with Gasteiger partial charge in [-0.25, -0.2) is 0 Å². The monoisotopic (exact) mass is 250 g/mol. The normalized spacial score (nSPS) is 18.7. The highest BCUT2D eigenvalue weighted by Crippen LogP contribution is 2.11. The van der Waals surface area contributed by atoms with Crippen LogP contribution in [0.4, 0.5) is 0 Å². The molecule has 0 bridgehead atoms. The molecule has 0 aromatic carbocycles. The van der Waals surface area contributed by atoms with Crippen molar-refractivity contribution in [2.75, 3.05) is 13.1 Å². The van der Waals surface area contributed by atoms with Gasteiger partial charge in [-0.3, -0.25) is 0 Å². The van der Waals surface area contributed by atoms with Crippen LogP contribution in [0.2, 0.25) is 0 Å². The van der Waals surface area contributed by atoms with Crippen molar-refractivity contribution in [2.24, 2.45) is 11.5 Å². The minimum Gasteiger partial charge on any atom is -0.393 e. The van der Waals surface area contributed by atoms with Crippen molar-refractivity contribution in [1.82, 2.24) is 0 Å². The molecule has 0 radical (unpaired) electrons. The Morgan fingerprint density at radius 2 is 1.00 bits per heavy atom. The van der Waals surface area contributed by atoms with E-state index < -0.39 is 24.4 Å². The lowest BCUT2D eigenvalue weighted by Crippen LogP contribution is -2.26. The summed E-state index contributed by atoms with van der Waals surface area (Å²) in [5.74, 6) is 0. The topological polar surface area (TPSA) is 133 Å². The predicted octanol–water partition coefficient (Wildman–Crippen LogP) is -1.70. The van der Waals surface area contributed by atoms with E-state index in [4.69, 9.17) is 11.5 Å². The van der Waals surface area contributed by atoms with Gasteiger partial charge in [-0.1, -0.05) is 0 Å². The summed E-state index contributed by atoms with van der Waals surface area (Å²) in [6, 6.07) is 0. The van der Waals surface area contributed by atoms with Crippen LogP contribution in [0.1, 0.15) is 32.1 Å². The molecule has 0 saturated carbocycles. The van der Waals surface area contributed by atoms with Crippen LogP contribution in [-0.4, -0.2) is 57.9 Å². The molecule has 0 saturated heterocycles. The zero-order valence-corrected chi connectivity index (χ0v) is 10.2. The zero-order chi connectivity index (χ0) is 13.3. The maximum absolute atomic E-state index is 9.53. The third kappa shape index (κ3) is 9.46. The molecule has 104 valence electrons. The van der Waals surface area contributed by atoms with Gasteiger partial charge in [0.25, 0.3) is 0 Å². The van der Waals surface area contributed by atoms with Crippen LogP contribution in [0.25, 0.3) is 0 Å². The molecule has 0 heterocycles. The van der Waals surface area contributed by atoms with Crippen LogP contribution >= 0.6 is 0 Å². The zero-order valence-electron chi connectivity index (χ0n) is 10.2. The molecule has 0 fully saturated rings. The molecular formula is C11H26N2O4. The minimum absolute atomic E-state index is 0.141. The fourth-order valence-corrected chi connectivity index (χ4v) is 1.65. The summed E-state index contributed by atoms with van der Waals surface area (Å²) in [5, 5.41) is 37.5. The summed E-state index contributed by atoms with van der Waals surface area (Å²) in [6.07, 6.45) is -0.365. The van der Waals surface area contributed by atoms with E-state index in [-0.39, 0.29) is 25.9 Å². The number of aliphatic hydroxyl groups is 4. The van der Waals surface area contributed by atoms with Gasteiger partial charge in [0.05, 0.1) is 24.4 Å². The van der Waals surface area contributed by atoms with Crippen LogP contribution in [0.15, 0.2) is 0 Å². The Morgan fingerprint density at radius 1 is 0.647 bits per heavy atom. The number of aliphatic hydroxyl groups excluding tert-OH is 4. The molecule has 0 aliphatic carbocycles. The fourth-order valence-electron chi connectivity index (χ4n) is 1.65. The third-order valence-corrected chi connectivity index (χ3v) is 2.71. The Labute approximate surface area is 102 Å². The molecule has 4 atom stereocenters. The van der Waals surface area contributed by atoms with E-state index in [1.807, 2.05) is 0 Å². The van der Waals surface area contributed by atoms with E-state index in [9.17, 15) is 20.4 Å². The summed E-state index contributed by atoms with van der Waals surface area (Å²) in [4.78, 5) is 0. The summed E-state index contributed by atoms with van der Waals surface area (Å²) < 4.78 is 0. The van der Waals surface area contributed by atoms with Gasteiger partial charge in [0, 0.05) is 25.9 Å². The summed E-state index contributed by atoms with van der Waals surface area (Å²) in [7, 11) is 0. The Bertz CT molecular complexity index is 165. The van der Waals surface area contributed by atoms with Crippen LogP contribution < -0.4 is 11.5 Å². The molecule has 6 nitrogen and oxygen atoms in total. The van der Waals surface area contributed by atoms with E-state index in [1.165, 1.54) is 0 Å². The molecule has 0 aliphatic rings. The van der Waals surface area contributed by atoms with Crippen molar-refractivity contribution in [3.8, 4) is 0 Å². The molecule has 0 spiro atoms. The summed E-state index contributed by atoms with van der Waals surface area (Å²) in [6.45, 7) is 0.282. The van der Waals surface area contributed by atoms with Gasteiger partial charge < -0.3 is 31.9 Å². The first-order valence-electron chi connectivity index (χ1n) is 6.12. The van der Waals surface area contributed by atoms with Gasteiger partial charge in [-0.2, -0.15) is 0 Å². The molecule has 8 N–H and O–H groups in total. The van der Waals surface area contributed by atoms with E-state index in [0.29, 0.717) is 19.3 Å². The number of rotatable bonds is 10. The van der Waals surface area contributed by atoms with Crippen molar-refractivity contribution in [3.63, 3.8) is 0 Å². The minimum atomic E-state index is -0.672. The van der Waals surface area contributed by atoms with E-state index in [2.05, 4.69) is 0 Å². The van der Waals surface area contributed by atoms with Gasteiger partial charge in [-0.05, 0) is 19.3 Å². The first-order valence-corrected chi connectivity index (χ1v) is 6.12. The first kappa shape index (κ1) is 16.8. The third-order valence-electron chi connectivity index (χ3n) is 2.71. The smallest absolute Gasteiger partial charge is 0.0687 e. The maximum atomic E-state index is 9.53. The Kier molecular flexibility index (Phi) is 9.62. The highest BCUT2D eigenvalue weighted by Gasteiger charge is 2.13. The van der Waals surface area contributed by atoms with Gasteiger partial charge in [0.2, 0.25) is 0 Å². The maximum Gasteiger partial charge on any atom is 0.0687 e. The average Bonchev–Trinajstić information content (AvgIpc) is 2.28. The Balaban J connectivity index is 3.55. The van der Waals surface area contributed by atoms with Crippen molar-refractivity contribution in [1.29, 1.82) is 0 Å². The quantitative estimate of drug-likeness (QED) is 0.274. The second kappa shape index (κ2) is 9.76. The average molecular weight is 250 g/mol. The molecule has 4 unspecified atom stereocenters. The van der Waals surface area contributed by atoms with Crippen LogP contribution in [0.5, 0.6) is 0 Å². The van der Waals surface area contributed by atoms with Crippen molar-refractivity contribution in [3.05, 3.63) is 0 Å². The lowest BCUT2D eigenvalue weighted by Gasteiger charge is -2.16. The van der Waals surface area contributed by atoms with Gasteiger partial charge in [0.15, 0.2) is 0 Å². The molecule has 0 rings (SSSR count). The lowest BCUT2D eigenvalue weighted by molar-refractivity contribution is 0.0629. The molecular weight excluding hydrogens is 224 g/mol. The van der Waals surface area contributed by atoms with Crippen LogP contribution in [0.3, 0.4) is 0 Å². The highest BCUT2D eigenvalue weighted by atomic mass is 16.3. The van der Waals surface area contributed by atoms with Crippen molar-refractivity contribution >= 4 is 0 Å². The van der Waals surface area contributed by atoms with Crippen LogP contribution in [-0.2, 0) is 0 Å². The van der Waals surface area contributed by atoms with Gasteiger partial charge >= 0.3 is 0 Å². The summed E-state index contributed by atoms with van der Waals surface area (Å²) in [5.41, 5.74) is 10.5. The van der Waals surface area contributed by atoms with Crippen LogP contribution in [0, 0.1) is 0 Å². The molecule has 0 aromatic heterocycles. The molecule has 17 heavy (non-hydrogen) atoms. The fraction of sp³-hybridized carbons (Fsp3) is 1.00. The summed E-state index contributed by atoms with van der Waals surface area (Å²) >= 11 is 0. The Morgan fingerprint density at radius 3 is 1.29 bits per heavy atom. The first-order chi connectivity index (χ1) is 7.99.